The summed E-state index contributed by atoms with van der Waals surface area (Å²) in [5.74, 6) is 0. The number of benzene rings is 1. The number of hydrogen-bond acceptors (Lipinski definition) is 5. The average Bonchev–Trinajstić information content (AvgIpc) is 2.40. The molecule has 1 aromatic rings. The smallest absolute Gasteiger partial charge is 0.411 e. The lowest BCUT2D eigenvalue weighted by Crippen LogP contribution is -2.22. The Balaban J connectivity index is 3.08. The molecule has 0 aliphatic rings. The van der Waals surface area contributed by atoms with Crippen molar-refractivity contribution in [2.75, 3.05) is 30.4 Å². The quantitative estimate of drug-likeness (QED) is 0.816. The summed E-state index contributed by atoms with van der Waals surface area (Å²) in [4.78, 5) is 23.9. The van der Waals surface area contributed by atoms with Crippen molar-refractivity contribution in [1.29, 1.82) is 0 Å². The van der Waals surface area contributed by atoms with Gasteiger partial charge in [-0.05, 0) is 37.2 Å². The van der Waals surface area contributed by atoms with E-state index in [-0.39, 0.29) is 5.69 Å². The Labute approximate surface area is 106 Å². The highest BCUT2D eigenvalue weighted by atomic mass is 16.5. The molecule has 0 aliphatic heterocycles. The second-order valence-electron chi connectivity index (χ2n) is 3.58. The van der Waals surface area contributed by atoms with Crippen molar-refractivity contribution in [1.82, 2.24) is 0 Å². The molecule has 0 saturated carbocycles. The summed E-state index contributed by atoms with van der Waals surface area (Å²) in [5, 5.41) is 5.34. The molecule has 0 saturated heterocycles. The molecule has 0 radical (unpaired) electrons. The fourth-order valence-corrected chi connectivity index (χ4v) is 1.65. The molecule has 98 valence electrons. The van der Waals surface area contributed by atoms with Crippen LogP contribution < -0.4 is 10.2 Å². The molecule has 0 heterocycles. The Bertz CT molecular complexity index is 431. The fraction of sp³-hybridized carbons (Fsp3) is 0.417. The zero-order valence-corrected chi connectivity index (χ0v) is 10.8. The molecule has 6 heteroatoms. The first-order chi connectivity index (χ1) is 8.65. The number of methoxy groups -OCH3 is 1. The summed E-state index contributed by atoms with van der Waals surface area (Å²) in [6.45, 7) is 5.73. The van der Waals surface area contributed by atoms with Gasteiger partial charge in [0.25, 0.3) is 0 Å². The maximum atomic E-state index is 11.2. The van der Waals surface area contributed by atoms with Crippen LogP contribution in [0.4, 0.5) is 21.9 Å². The highest BCUT2D eigenvalue weighted by Gasteiger charge is 2.10. The zero-order valence-electron chi connectivity index (χ0n) is 10.8. The lowest BCUT2D eigenvalue weighted by molar-refractivity contribution is 0.187. The summed E-state index contributed by atoms with van der Waals surface area (Å²) < 4.78 is 4.50. The molecule has 0 bridgehead atoms. The van der Waals surface area contributed by atoms with Gasteiger partial charge in [-0.15, -0.1) is 4.91 Å². The van der Waals surface area contributed by atoms with Gasteiger partial charge in [0.05, 0.1) is 12.8 Å². The topological polar surface area (TPSA) is 71.0 Å². The number of hydrogen-bond donors (Lipinski definition) is 1. The second kappa shape index (κ2) is 6.58. The molecule has 6 nitrogen and oxygen atoms in total. The molecular weight excluding hydrogens is 234 g/mol. The first kappa shape index (κ1) is 14.0. The minimum absolute atomic E-state index is 0.177. The Hall–Kier alpha value is -2.11. The van der Waals surface area contributed by atoms with Crippen LogP contribution in [0, 0.1) is 4.91 Å². The van der Waals surface area contributed by atoms with E-state index in [1.165, 1.54) is 7.11 Å². The molecule has 1 amide bonds. The maximum absolute atomic E-state index is 11.2. The van der Waals surface area contributed by atoms with E-state index in [0.717, 1.165) is 18.8 Å². The lowest BCUT2D eigenvalue weighted by Gasteiger charge is -2.21. The Morgan fingerprint density at radius 1 is 1.39 bits per heavy atom. The van der Waals surface area contributed by atoms with E-state index in [0.29, 0.717) is 5.69 Å². The maximum Gasteiger partial charge on any atom is 0.411 e. The van der Waals surface area contributed by atoms with Crippen LogP contribution in [0.25, 0.3) is 0 Å². The predicted molar refractivity (Wildman–Crippen MR) is 71.5 cm³/mol. The van der Waals surface area contributed by atoms with E-state index in [4.69, 9.17) is 0 Å². The van der Waals surface area contributed by atoms with Crippen LogP contribution in [0.15, 0.2) is 23.4 Å². The van der Waals surface area contributed by atoms with Crippen molar-refractivity contribution in [3.63, 3.8) is 0 Å². The van der Waals surface area contributed by atoms with E-state index >= 15 is 0 Å². The van der Waals surface area contributed by atoms with E-state index < -0.39 is 6.09 Å². The van der Waals surface area contributed by atoms with E-state index in [1.807, 2.05) is 13.8 Å². The van der Waals surface area contributed by atoms with E-state index in [9.17, 15) is 9.70 Å². The fourth-order valence-electron chi connectivity index (χ4n) is 1.65. The number of anilines is 2. The van der Waals surface area contributed by atoms with Crippen molar-refractivity contribution in [2.24, 2.45) is 5.18 Å². The minimum Gasteiger partial charge on any atom is -0.453 e. The Morgan fingerprint density at radius 3 is 2.56 bits per heavy atom. The molecule has 1 N–H and O–H groups in total. The summed E-state index contributed by atoms with van der Waals surface area (Å²) in [6.07, 6.45) is -0.628. The van der Waals surface area contributed by atoms with Gasteiger partial charge in [0.15, 0.2) is 0 Å². The summed E-state index contributed by atoms with van der Waals surface area (Å²) in [7, 11) is 1.26. The molecule has 0 aliphatic carbocycles. The van der Waals surface area contributed by atoms with Crippen LogP contribution >= 0.6 is 0 Å². The monoisotopic (exact) mass is 251 g/mol. The van der Waals surface area contributed by atoms with Crippen LogP contribution in [0.1, 0.15) is 13.8 Å². The van der Waals surface area contributed by atoms with Gasteiger partial charge in [-0.3, -0.25) is 5.32 Å². The summed E-state index contributed by atoms with van der Waals surface area (Å²) in [5.41, 5.74) is 1.44. The highest BCUT2D eigenvalue weighted by Crippen LogP contribution is 2.30. The largest absolute Gasteiger partial charge is 0.453 e. The first-order valence-electron chi connectivity index (χ1n) is 5.73. The third-order valence-corrected chi connectivity index (χ3v) is 2.63. The molecule has 0 unspecified atom stereocenters. The number of amides is 1. The van der Waals surface area contributed by atoms with Crippen molar-refractivity contribution in [2.45, 2.75) is 13.8 Å². The molecule has 18 heavy (non-hydrogen) atoms. The third kappa shape index (κ3) is 3.19. The van der Waals surface area contributed by atoms with Gasteiger partial charge in [-0.2, -0.15) is 0 Å². The van der Waals surface area contributed by atoms with Crippen molar-refractivity contribution in [3.8, 4) is 0 Å². The van der Waals surface area contributed by atoms with Crippen molar-refractivity contribution < 1.29 is 9.53 Å². The number of rotatable bonds is 5. The molecule has 0 fully saturated rings. The molecular formula is C12H17N3O3. The number of carbonyl (C=O) groups excluding carboxylic acids is 1. The summed E-state index contributed by atoms with van der Waals surface area (Å²) >= 11 is 0. The number of ether oxygens (including phenoxy) is 1. The normalized spacial score (nSPS) is 9.72. The lowest BCUT2D eigenvalue weighted by atomic mass is 10.2. The van der Waals surface area contributed by atoms with Crippen molar-refractivity contribution >= 4 is 23.2 Å². The van der Waals surface area contributed by atoms with Crippen LogP contribution in [0.2, 0.25) is 0 Å². The van der Waals surface area contributed by atoms with Gasteiger partial charge in [-0.25, -0.2) is 4.79 Å². The van der Waals surface area contributed by atoms with Gasteiger partial charge in [0.1, 0.15) is 5.69 Å². The van der Waals surface area contributed by atoms with Gasteiger partial charge < -0.3 is 9.64 Å². The molecule has 1 rings (SSSR count). The number of nitroso groups, excluding NO2 is 1. The molecule has 0 atom stereocenters. The number of nitrogens with zero attached hydrogens (tertiary/aromatic N) is 2. The predicted octanol–water partition coefficient (Wildman–Crippen LogP) is 3.11. The van der Waals surface area contributed by atoms with Crippen LogP contribution in [0.3, 0.4) is 0 Å². The average molecular weight is 251 g/mol. The molecule has 0 spiro atoms. The first-order valence-corrected chi connectivity index (χ1v) is 5.73. The highest BCUT2D eigenvalue weighted by molar-refractivity contribution is 5.89. The van der Waals surface area contributed by atoms with Gasteiger partial charge in [-0.1, -0.05) is 0 Å². The van der Waals surface area contributed by atoms with E-state index in [2.05, 4.69) is 20.1 Å². The second-order valence-corrected chi connectivity index (χ2v) is 3.58. The van der Waals surface area contributed by atoms with E-state index in [1.54, 1.807) is 18.2 Å². The van der Waals surface area contributed by atoms with Crippen LogP contribution in [-0.2, 0) is 4.74 Å². The van der Waals surface area contributed by atoms with Gasteiger partial charge in [0, 0.05) is 18.8 Å². The number of nitrogens with one attached hydrogen (secondary N) is 1. The third-order valence-electron chi connectivity index (χ3n) is 2.63. The van der Waals surface area contributed by atoms with Crippen molar-refractivity contribution in [3.05, 3.63) is 23.1 Å². The number of carbonyl (C=O) groups is 1. The van der Waals surface area contributed by atoms with Gasteiger partial charge >= 0.3 is 6.09 Å². The van der Waals surface area contributed by atoms with Crippen LogP contribution in [-0.4, -0.2) is 26.3 Å². The zero-order chi connectivity index (χ0) is 13.5. The Kier molecular flexibility index (Phi) is 5.10. The van der Waals surface area contributed by atoms with Crippen LogP contribution in [0.5, 0.6) is 0 Å². The minimum atomic E-state index is -0.628. The molecule has 1 aromatic carbocycles. The molecule has 0 aromatic heterocycles. The Morgan fingerprint density at radius 2 is 2.06 bits per heavy atom. The standard InChI is InChI=1S/C12H17N3O3/c1-4-15(5-2)9-6-7-10(14-17)11(8-9)13-12(16)18-3/h6-8H,4-5H2,1-3H3,(H,13,16). The van der Waals surface area contributed by atoms with Gasteiger partial charge in [0.2, 0.25) is 0 Å². The SMILES string of the molecule is CCN(CC)c1ccc(N=O)c(NC(=O)OC)c1. The summed E-state index contributed by atoms with van der Waals surface area (Å²) in [6, 6.07) is 5.08.